The molecule has 21 heavy (non-hydrogen) atoms. The molecule has 4 heteroatoms. The maximum absolute atomic E-state index is 12.0. The highest BCUT2D eigenvalue weighted by atomic mass is 16.6. The summed E-state index contributed by atoms with van der Waals surface area (Å²) in [5.41, 5.74) is 0.647. The molecule has 114 valence electrons. The van der Waals surface area contributed by atoms with Crippen LogP contribution in [0.4, 0.5) is 0 Å². The molecule has 0 saturated heterocycles. The summed E-state index contributed by atoms with van der Waals surface area (Å²) < 4.78 is 5.18. The van der Waals surface area contributed by atoms with E-state index in [-0.39, 0.29) is 24.0 Å². The van der Waals surface area contributed by atoms with Gasteiger partial charge in [-0.1, -0.05) is 24.3 Å². The lowest BCUT2D eigenvalue weighted by molar-refractivity contribution is -0.154. The molecule has 1 rings (SSSR count). The van der Waals surface area contributed by atoms with Gasteiger partial charge in [-0.05, 0) is 34.1 Å². The highest BCUT2D eigenvalue weighted by Gasteiger charge is 2.16. The molecule has 0 bridgehead atoms. The summed E-state index contributed by atoms with van der Waals surface area (Å²) in [5, 5.41) is 0. The fourth-order valence-corrected chi connectivity index (χ4v) is 1.82. The van der Waals surface area contributed by atoms with Crippen LogP contribution in [0.5, 0.6) is 0 Å². The van der Waals surface area contributed by atoms with Gasteiger partial charge in [0, 0.05) is 24.0 Å². The average molecular weight is 290 g/mol. The summed E-state index contributed by atoms with van der Waals surface area (Å²) in [7, 11) is 0. The fourth-order valence-electron chi connectivity index (χ4n) is 1.82. The number of carbonyl (C=O) groups is 3. The third-order valence-corrected chi connectivity index (χ3v) is 2.82. The van der Waals surface area contributed by atoms with Crippen molar-refractivity contribution in [3.05, 3.63) is 35.4 Å². The van der Waals surface area contributed by atoms with Crippen LogP contribution in [0.2, 0.25) is 0 Å². The minimum absolute atomic E-state index is 0.0288. The topological polar surface area (TPSA) is 60.4 Å². The monoisotopic (exact) mass is 290 g/mol. The van der Waals surface area contributed by atoms with E-state index in [2.05, 4.69) is 0 Å². The quantitative estimate of drug-likeness (QED) is 0.593. The lowest BCUT2D eigenvalue weighted by atomic mass is 10.0. The van der Waals surface area contributed by atoms with Crippen LogP contribution in [0.3, 0.4) is 0 Å². The molecule has 0 aliphatic rings. The molecule has 0 aliphatic heterocycles. The Morgan fingerprint density at radius 2 is 1.48 bits per heavy atom. The molecule has 0 unspecified atom stereocenters. The first-order valence-corrected chi connectivity index (χ1v) is 7.05. The van der Waals surface area contributed by atoms with Gasteiger partial charge in [0.1, 0.15) is 5.60 Å². The second-order valence-electron chi connectivity index (χ2n) is 6.00. The first-order valence-electron chi connectivity index (χ1n) is 7.05. The zero-order valence-electron chi connectivity index (χ0n) is 13.1. The maximum atomic E-state index is 12.0. The Kier molecular flexibility index (Phi) is 5.82. The number of hydrogen-bond donors (Lipinski definition) is 0. The van der Waals surface area contributed by atoms with Crippen LogP contribution in [0.1, 0.15) is 67.7 Å². The highest BCUT2D eigenvalue weighted by Crippen LogP contribution is 2.12. The summed E-state index contributed by atoms with van der Waals surface area (Å²) in [6.07, 6.45) is 0.982. The molecular formula is C17H22O4. The van der Waals surface area contributed by atoms with Crippen molar-refractivity contribution in [2.24, 2.45) is 0 Å². The van der Waals surface area contributed by atoms with Gasteiger partial charge in [-0.25, -0.2) is 0 Å². The molecule has 0 saturated carbocycles. The number of rotatable bonds is 6. The van der Waals surface area contributed by atoms with Crippen LogP contribution in [0, 0.1) is 0 Å². The van der Waals surface area contributed by atoms with Gasteiger partial charge < -0.3 is 4.74 Å². The Balaban J connectivity index is 2.44. The van der Waals surface area contributed by atoms with Crippen LogP contribution in [0.25, 0.3) is 0 Å². The van der Waals surface area contributed by atoms with E-state index in [1.165, 1.54) is 6.92 Å². The summed E-state index contributed by atoms with van der Waals surface area (Å²) in [4.78, 5) is 34.6. The average Bonchev–Trinajstić information content (AvgIpc) is 2.36. The second-order valence-corrected chi connectivity index (χ2v) is 6.00. The SMILES string of the molecule is CC(=O)c1ccc(C(=O)CCCC(=O)OC(C)(C)C)cc1. The molecule has 1 aromatic carbocycles. The summed E-state index contributed by atoms with van der Waals surface area (Å²) in [6.45, 7) is 6.92. The second kappa shape index (κ2) is 7.16. The molecule has 0 heterocycles. The van der Waals surface area contributed by atoms with E-state index in [4.69, 9.17) is 4.74 Å². The third kappa shape index (κ3) is 6.34. The van der Waals surface area contributed by atoms with E-state index in [9.17, 15) is 14.4 Å². The zero-order valence-corrected chi connectivity index (χ0v) is 13.1. The molecule has 0 spiro atoms. The van der Waals surface area contributed by atoms with E-state index in [1.54, 1.807) is 24.3 Å². The van der Waals surface area contributed by atoms with Crippen LogP contribution in [-0.4, -0.2) is 23.1 Å². The van der Waals surface area contributed by atoms with Gasteiger partial charge in [0.05, 0.1) is 0 Å². The lowest BCUT2D eigenvalue weighted by Crippen LogP contribution is -2.23. The molecule has 0 atom stereocenters. The van der Waals surface area contributed by atoms with Crippen molar-refractivity contribution in [2.45, 2.75) is 52.6 Å². The number of Topliss-reactive ketones (excluding diaryl/α,β-unsaturated/α-hetero) is 2. The number of ether oxygens (including phenoxy) is 1. The van der Waals surface area contributed by atoms with Gasteiger partial charge in [0.25, 0.3) is 0 Å². The molecular weight excluding hydrogens is 268 g/mol. The number of carbonyl (C=O) groups excluding carboxylic acids is 3. The molecule has 0 fully saturated rings. The standard InChI is InChI=1S/C17H22O4/c1-12(18)13-8-10-14(11-9-13)15(19)6-5-7-16(20)21-17(2,3)4/h8-11H,5-7H2,1-4H3. The Morgan fingerprint density at radius 3 is 1.95 bits per heavy atom. The van der Waals surface area contributed by atoms with Gasteiger partial charge in [-0.2, -0.15) is 0 Å². The highest BCUT2D eigenvalue weighted by molar-refractivity contribution is 5.98. The minimum atomic E-state index is -0.496. The molecule has 0 aliphatic carbocycles. The van der Waals surface area contributed by atoms with Crippen molar-refractivity contribution in [3.63, 3.8) is 0 Å². The minimum Gasteiger partial charge on any atom is -0.460 e. The van der Waals surface area contributed by atoms with Crippen LogP contribution < -0.4 is 0 Å². The van der Waals surface area contributed by atoms with Gasteiger partial charge in [0.2, 0.25) is 0 Å². The first-order chi connectivity index (χ1) is 9.69. The fraction of sp³-hybridized carbons (Fsp3) is 0.471. The first kappa shape index (κ1) is 17.1. The normalized spacial score (nSPS) is 11.0. The van der Waals surface area contributed by atoms with Crippen molar-refractivity contribution in [1.29, 1.82) is 0 Å². The van der Waals surface area contributed by atoms with Crippen LogP contribution >= 0.6 is 0 Å². The smallest absolute Gasteiger partial charge is 0.306 e. The predicted octanol–water partition coefficient (Wildman–Crippen LogP) is 3.58. The van der Waals surface area contributed by atoms with Crippen molar-refractivity contribution in [2.75, 3.05) is 0 Å². The largest absolute Gasteiger partial charge is 0.460 e. The number of hydrogen-bond acceptors (Lipinski definition) is 4. The summed E-state index contributed by atoms with van der Waals surface area (Å²) in [5.74, 6) is -0.352. The van der Waals surface area contributed by atoms with Crippen LogP contribution in [-0.2, 0) is 9.53 Å². The zero-order chi connectivity index (χ0) is 16.0. The van der Waals surface area contributed by atoms with Crippen molar-refractivity contribution in [1.82, 2.24) is 0 Å². The third-order valence-electron chi connectivity index (χ3n) is 2.82. The van der Waals surface area contributed by atoms with E-state index >= 15 is 0 Å². The Morgan fingerprint density at radius 1 is 0.952 bits per heavy atom. The number of esters is 1. The summed E-state index contributed by atoms with van der Waals surface area (Å²) in [6, 6.07) is 6.58. The van der Waals surface area contributed by atoms with Crippen LogP contribution in [0.15, 0.2) is 24.3 Å². The van der Waals surface area contributed by atoms with Gasteiger partial charge >= 0.3 is 5.97 Å². The van der Waals surface area contributed by atoms with Gasteiger partial charge in [-0.3, -0.25) is 14.4 Å². The molecule has 0 N–H and O–H groups in total. The van der Waals surface area contributed by atoms with E-state index in [1.807, 2.05) is 20.8 Å². The van der Waals surface area contributed by atoms with E-state index in [0.29, 0.717) is 24.0 Å². The van der Waals surface area contributed by atoms with Crippen molar-refractivity contribution < 1.29 is 19.1 Å². The molecule has 0 radical (unpaired) electrons. The van der Waals surface area contributed by atoms with E-state index < -0.39 is 5.60 Å². The Labute approximate surface area is 125 Å². The molecule has 0 aromatic heterocycles. The van der Waals surface area contributed by atoms with Gasteiger partial charge in [-0.15, -0.1) is 0 Å². The molecule has 4 nitrogen and oxygen atoms in total. The van der Waals surface area contributed by atoms with Crippen molar-refractivity contribution in [3.8, 4) is 0 Å². The molecule has 1 aromatic rings. The van der Waals surface area contributed by atoms with Gasteiger partial charge in [0.15, 0.2) is 11.6 Å². The Hall–Kier alpha value is -1.97. The maximum Gasteiger partial charge on any atom is 0.306 e. The molecule has 0 amide bonds. The lowest BCUT2D eigenvalue weighted by Gasteiger charge is -2.19. The Bertz CT molecular complexity index is 521. The van der Waals surface area contributed by atoms with E-state index in [0.717, 1.165) is 0 Å². The van der Waals surface area contributed by atoms with Crippen molar-refractivity contribution >= 4 is 17.5 Å². The predicted molar refractivity (Wildman–Crippen MR) is 80.5 cm³/mol. The summed E-state index contributed by atoms with van der Waals surface area (Å²) >= 11 is 0. The number of ketones is 2. The number of benzene rings is 1.